The Balaban J connectivity index is 1.90. The zero-order valence-electron chi connectivity index (χ0n) is 16.7. The van der Waals surface area contributed by atoms with Crippen LogP contribution in [0.4, 0.5) is 11.4 Å². The SMILES string of the molecule is CCCCCCCCCC(Oc1ccc(N)cc1)Oc1ccc(C)c(N)c1. The lowest BCUT2D eigenvalue weighted by Gasteiger charge is -2.21. The van der Waals surface area contributed by atoms with Gasteiger partial charge in [-0.1, -0.05) is 51.5 Å². The van der Waals surface area contributed by atoms with E-state index in [0.717, 1.165) is 41.3 Å². The highest BCUT2D eigenvalue weighted by molar-refractivity contribution is 5.50. The predicted octanol–water partition coefficient (Wildman–Crippen LogP) is 6.08. The first-order valence-corrected chi connectivity index (χ1v) is 10.1. The van der Waals surface area contributed by atoms with Crippen molar-refractivity contribution < 1.29 is 9.47 Å². The second kappa shape index (κ2) is 11.4. The van der Waals surface area contributed by atoms with E-state index in [2.05, 4.69) is 6.92 Å². The van der Waals surface area contributed by atoms with Crippen LogP contribution in [0.15, 0.2) is 42.5 Å². The topological polar surface area (TPSA) is 70.5 Å². The number of anilines is 2. The molecule has 0 heterocycles. The first-order valence-electron chi connectivity index (χ1n) is 10.1. The van der Waals surface area contributed by atoms with E-state index in [9.17, 15) is 0 Å². The van der Waals surface area contributed by atoms with Gasteiger partial charge in [-0.05, 0) is 49.2 Å². The average molecular weight is 371 g/mol. The zero-order chi connectivity index (χ0) is 19.5. The highest BCUT2D eigenvalue weighted by atomic mass is 16.7. The van der Waals surface area contributed by atoms with Crippen molar-refractivity contribution in [2.75, 3.05) is 11.5 Å². The summed E-state index contributed by atoms with van der Waals surface area (Å²) in [6.45, 7) is 4.23. The third kappa shape index (κ3) is 7.81. The van der Waals surface area contributed by atoms with Gasteiger partial charge in [-0.15, -0.1) is 0 Å². The summed E-state index contributed by atoms with van der Waals surface area (Å²) in [4.78, 5) is 0. The van der Waals surface area contributed by atoms with Crippen LogP contribution in [0.3, 0.4) is 0 Å². The molecule has 0 amide bonds. The van der Waals surface area contributed by atoms with Gasteiger partial charge >= 0.3 is 0 Å². The van der Waals surface area contributed by atoms with Gasteiger partial charge in [0.25, 0.3) is 0 Å². The quantitative estimate of drug-likeness (QED) is 0.270. The smallest absolute Gasteiger partial charge is 0.241 e. The second-order valence-corrected chi connectivity index (χ2v) is 7.16. The Hall–Kier alpha value is -2.36. The largest absolute Gasteiger partial charge is 0.455 e. The van der Waals surface area contributed by atoms with E-state index in [1.165, 1.54) is 38.5 Å². The first kappa shape index (κ1) is 20.9. The highest BCUT2D eigenvalue weighted by Gasteiger charge is 2.13. The number of nitrogens with two attached hydrogens (primary N) is 2. The summed E-state index contributed by atoms with van der Waals surface area (Å²) >= 11 is 0. The normalized spacial score (nSPS) is 11.9. The summed E-state index contributed by atoms with van der Waals surface area (Å²) < 4.78 is 12.2. The Labute approximate surface area is 163 Å². The van der Waals surface area contributed by atoms with E-state index in [1.54, 1.807) is 0 Å². The molecular formula is C23H34N2O2. The van der Waals surface area contributed by atoms with Crippen LogP contribution >= 0.6 is 0 Å². The van der Waals surface area contributed by atoms with E-state index in [0.29, 0.717) is 0 Å². The van der Waals surface area contributed by atoms with Crippen LogP contribution < -0.4 is 20.9 Å². The molecule has 0 radical (unpaired) electrons. The van der Waals surface area contributed by atoms with E-state index in [-0.39, 0.29) is 6.29 Å². The van der Waals surface area contributed by atoms with Crippen LogP contribution in [0.2, 0.25) is 0 Å². The number of hydrogen-bond acceptors (Lipinski definition) is 4. The van der Waals surface area contributed by atoms with Crippen LogP contribution in [0.5, 0.6) is 11.5 Å². The summed E-state index contributed by atoms with van der Waals surface area (Å²) in [5, 5.41) is 0. The molecule has 0 bridgehead atoms. The molecule has 0 aromatic heterocycles. The predicted molar refractivity (Wildman–Crippen MR) is 114 cm³/mol. The Kier molecular flexibility index (Phi) is 8.82. The highest BCUT2D eigenvalue weighted by Crippen LogP contribution is 2.24. The van der Waals surface area contributed by atoms with Crippen LogP contribution in [-0.2, 0) is 0 Å². The number of rotatable bonds is 12. The molecule has 2 aromatic rings. The molecule has 148 valence electrons. The van der Waals surface area contributed by atoms with Crippen molar-refractivity contribution in [2.24, 2.45) is 0 Å². The van der Waals surface area contributed by atoms with Gasteiger partial charge in [-0.2, -0.15) is 0 Å². The van der Waals surface area contributed by atoms with Crippen molar-refractivity contribution >= 4 is 11.4 Å². The van der Waals surface area contributed by atoms with Crippen molar-refractivity contribution in [2.45, 2.75) is 71.5 Å². The molecule has 27 heavy (non-hydrogen) atoms. The number of nitrogen functional groups attached to an aromatic ring is 2. The molecule has 0 saturated carbocycles. The first-order chi connectivity index (χ1) is 13.1. The molecule has 0 aliphatic heterocycles. The van der Waals surface area contributed by atoms with Gasteiger partial charge in [0, 0.05) is 23.9 Å². The standard InChI is InChI=1S/C23H34N2O2/c1-3-4-5-6-7-8-9-10-23(26-20-15-12-19(24)13-16-20)27-21-14-11-18(2)22(25)17-21/h11-17,23H,3-10,24-25H2,1-2H3. The second-order valence-electron chi connectivity index (χ2n) is 7.16. The number of aryl methyl sites for hydroxylation is 1. The van der Waals surface area contributed by atoms with Crippen LogP contribution in [-0.4, -0.2) is 6.29 Å². The molecule has 0 aliphatic rings. The molecule has 0 spiro atoms. The molecule has 0 fully saturated rings. The van der Waals surface area contributed by atoms with Gasteiger partial charge < -0.3 is 20.9 Å². The van der Waals surface area contributed by atoms with E-state index in [4.69, 9.17) is 20.9 Å². The van der Waals surface area contributed by atoms with Gasteiger partial charge in [0.1, 0.15) is 11.5 Å². The van der Waals surface area contributed by atoms with Gasteiger partial charge in [0.2, 0.25) is 6.29 Å². The van der Waals surface area contributed by atoms with Crippen molar-refractivity contribution in [1.82, 2.24) is 0 Å². The van der Waals surface area contributed by atoms with Gasteiger partial charge in [-0.3, -0.25) is 0 Å². The van der Waals surface area contributed by atoms with Crippen molar-refractivity contribution in [1.29, 1.82) is 0 Å². The third-order valence-electron chi connectivity index (χ3n) is 4.71. The minimum Gasteiger partial charge on any atom is -0.455 e. The fourth-order valence-electron chi connectivity index (χ4n) is 2.95. The number of benzene rings is 2. The van der Waals surface area contributed by atoms with E-state index in [1.807, 2.05) is 49.4 Å². The zero-order valence-corrected chi connectivity index (χ0v) is 16.7. The van der Waals surface area contributed by atoms with E-state index >= 15 is 0 Å². The van der Waals surface area contributed by atoms with Gasteiger partial charge in [0.05, 0.1) is 0 Å². The lowest BCUT2D eigenvalue weighted by molar-refractivity contribution is -0.00240. The lowest BCUT2D eigenvalue weighted by Crippen LogP contribution is -2.24. The average Bonchev–Trinajstić information content (AvgIpc) is 2.65. The molecule has 4 N–H and O–H groups in total. The summed E-state index contributed by atoms with van der Waals surface area (Å²) in [6, 6.07) is 13.2. The lowest BCUT2D eigenvalue weighted by atomic mass is 10.1. The molecule has 4 heteroatoms. The Morgan fingerprint density at radius 3 is 2.04 bits per heavy atom. The Morgan fingerprint density at radius 1 is 0.778 bits per heavy atom. The summed E-state index contributed by atoms with van der Waals surface area (Å²) in [5.74, 6) is 1.50. The maximum atomic E-state index is 6.10. The van der Waals surface area contributed by atoms with Crippen molar-refractivity contribution in [3.05, 3.63) is 48.0 Å². The summed E-state index contributed by atoms with van der Waals surface area (Å²) in [6.07, 6.45) is 9.31. The molecular weight excluding hydrogens is 336 g/mol. The molecule has 0 saturated heterocycles. The maximum absolute atomic E-state index is 6.10. The molecule has 1 atom stereocenters. The molecule has 4 nitrogen and oxygen atoms in total. The number of hydrogen-bond donors (Lipinski definition) is 2. The summed E-state index contributed by atoms with van der Waals surface area (Å²) in [7, 11) is 0. The summed E-state index contributed by atoms with van der Waals surface area (Å²) in [5.41, 5.74) is 14.3. The molecule has 2 aromatic carbocycles. The third-order valence-corrected chi connectivity index (χ3v) is 4.71. The molecule has 2 rings (SSSR count). The minimum absolute atomic E-state index is 0.341. The van der Waals surface area contributed by atoms with Crippen LogP contribution in [0, 0.1) is 6.92 Å². The van der Waals surface area contributed by atoms with E-state index < -0.39 is 0 Å². The number of ether oxygens (including phenoxy) is 2. The van der Waals surface area contributed by atoms with Crippen molar-refractivity contribution in [3.63, 3.8) is 0 Å². The maximum Gasteiger partial charge on any atom is 0.241 e. The van der Waals surface area contributed by atoms with Gasteiger partial charge in [-0.25, -0.2) is 0 Å². The Bertz CT molecular complexity index is 671. The number of unbranched alkanes of at least 4 members (excludes halogenated alkanes) is 6. The van der Waals surface area contributed by atoms with Gasteiger partial charge in [0.15, 0.2) is 0 Å². The molecule has 1 unspecified atom stereocenters. The minimum atomic E-state index is -0.341. The van der Waals surface area contributed by atoms with Crippen LogP contribution in [0.1, 0.15) is 63.9 Å². The monoisotopic (exact) mass is 370 g/mol. The van der Waals surface area contributed by atoms with Crippen molar-refractivity contribution in [3.8, 4) is 11.5 Å². The fourth-order valence-corrected chi connectivity index (χ4v) is 2.95. The Morgan fingerprint density at radius 2 is 1.37 bits per heavy atom. The fraction of sp³-hybridized carbons (Fsp3) is 0.478. The molecule has 0 aliphatic carbocycles. The van der Waals surface area contributed by atoms with Crippen LogP contribution in [0.25, 0.3) is 0 Å².